The van der Waals surface area contributed by atoms with Crippen molar-refractivity contribution in [3.8, 4) is 11.5 Å². The molecule has 4 rings (SSSR count). The van der Waals surface area contributed by atoms with E-state index in [0.717, 1.165) is 22.4 Å². The first-order valence-corrected chi connectivity index (χ1v) is 10.6. The second kappa shape index (κ2) is 9.20. The monoisotopic (exact) mass is 442 g/mol. The Kier molecular flexibility index (Phi) is 6.18. The van der Waals surface area contributed by atoms with Gasteiger partial charge in [-0.15, -0.1) is 0 Å². The molecule has 0 atom stereocenters. The Morgan fingerprint density at radius 1 is 0.818 bits per heavy atom. The molecule has 33 heavy (non-hydrogen) atoms. The van der Waals surface area contributed by atoms with Crippen LogP contribution >= 0.6 is 0 Å². The maximum Gasteiger partial charge on any atom is 0.278 e. The van der Waals surface area contributed by atoms with Gasteiger partial charge in [0, 0.05) is 5.69 Å². The second-order valence-electron chi connectivity index (χ2n) is 7.87. The van der Waals surface area contributed by atoms with Crippen LogP contribution in [0, 0.1) is 13.8 Å². The molecule has 1 heterocycles. The predicted octanol–water partition coefficient (Wildman–Crippen LogP) is 4.71. The molecule has 0 saturated heterocycles. The number of ether oxygens (including phenoxy) is 2. The standard InChI is InChI=1S/C27H26N2O4/c1-17-9-8-12-21(18(17)2)28-25-24(20-13-14-22(32-3)23(15-20)33-4)26(30)29(27(25)31)16-19-10-6-5-7-11-19/h5-15,28H,16H2,1-4H3. The van der Waals surface area contributed by atoms with Crippen LogP contribution in [0.25, 0.3) is 5.57 Å². The van der Waals surface area contributed by atoms with Gasteiger partial charge in [-0.1, -0.05) is 48.5 Å². The largest absolute Gasteiger partial charge is 0.493 e. The molecule has 168 valence electrons. The third kappa shape index (κ3) is 4.20. The average Bonchev–Trinajstić information content (AvgIpc) is 3.06. The molecule has 0 aliphatic carbocycles. The maximum atomic E-state index is 13.6. The van der Waals surface area contributed by atoms with Crippen molar-refractivity contribution in [1.29, 1.82) is 0 Å². The van der Waals surface area contributed by atoms with Gasteiger partial charge in [0.25, 0.3) is 11.8 Å². The van der Waals surface area contributed by atoms with Crippen molar-refractivity contribution < 1.29 is 19.1 Å². The highest BCUT2D eigenvalue weighted by Crippen LogP contribution is 2.36. The number of carbonyl (C=O) groups is 2. The number of aryl methyl sites for hydroxylation is 1. The van der Waals surface area contributed by atoms with E-state index in [1.54, 1.807) is 25.3 Å². The van der Waals surface area contributed by atoms with Crippen molar-refractivity contribution in [3.05, 3.63) is 94.7 Å². The van der Waals surface area contributed by atoms with Gasteiger partial charge in [0.1, 0.15) is 5.70 Å². The van der Waals surface area contributed by atoms with Crippen molar-refractivity contribution >= 4 is 23.1 Å². The van der Waals surface area contributed by atoms with Crippen molar-refractivity contribution in [2.45, 2.75) is 20.4 Å². The van der Waals surface area contributed by atoms with Crippen LogP contribution < -0.4 is 14.8 Å². The van der Waals surface area contributed by atoms with Gasteiger partial charge < -0.3 is 14.8 Å². The normalized spacial score (nSPS) is 13.5. The van der Waals surface area contributed by atoms with Gasteiger partial charge >= 0.3 is 0 Å². The first-order valence-electron chi connectivity index (χ1n) is 10.6. The number of benzene rings is 3. The predicted molar refractivity (Wildman–Crippen MR) is 128 cm³/mol. The van der Waals surface area contributed by atoms with E-state index in [0.29, 0.717) is 22.6 Å². The lowest BCUT2D eigenvalue weighted by Crippen LogP contribution is -2.32. The van der Waals surface area contributed by atoms with Crippen LogP contribution in [0.5, 0.6) is 11.5 Å². The third-order valence-corrected chi connectivity index (χ3v) is 5.89. The van der Waals surface area contributed by atoms with E-state index in [2.05, 4.69) is 5.32 Å². The molecular formula is C27H26N2O4. The molecule has 0 unspecified atom stereocenters. The fourth-order valence-electron chi connectivity index (χ4n) is 3.88. The summed E-state index contributed by atoms with van der Waals surface area (Å²) in [5, 5.41) is 3.26. The van der Waals surface area contributed by atoms with Crippen LogP contribution in [0.3, 0.4) is 0 Å². The van der Waals surface area contributed by atoms with Crippen LogP contribution in [0.2, 0.25) is 0 Å². The van der Waals surface area contributed by atoms with E-state index in [4.69, 9.17) is 9.47 Å². The maximum absolute atomic E-state index is 13.6. The van der Waals surface area contributed by atoms with Crippen molar-refractivity contribution in [2.75, 3.05) is 19.5 Å². The number of methoxy groups -OCH3 is 2. The molecule has 3 aromatic rings. The summed E-state index contributed by atoms with van der Waals surface area (Å²) in [4.78, 5) is 28.3. The summed E-state index contributed by atoms with van der Waals surface area (Å²) in [5.74, 6) is 0.303. The Hall–Kier alpha value is -4.06. The number of anilines is 1. The van der Waals surface area contributed by atoms with Crippen molar-refractivity contribution in [3.63, 3.8) is 0 Å². The number of nitrogens with zero attached hydrogens (tertiary/aromatic N) is 1. The number of amides is 2. The molecule has 2 amide bonds. The number of imide groups is 1. The zero-order valence-corrected chi connectivity index (χ0v) is 19.1. The summed E-state index contributed by atoms with van der Waals surface area (Å²) in [5.41, 5.74) is 4.89. The van der Waals surface area contributed by atoms with E-state index in [-0.39, 0.29) is 24.1 Å². The number of hydrogen-bond donors (Lipinski definition) is 1. The van der Waals surface area contributed by atoms with E-state index in [1.807, 2.05) is 62.4 Å². The van der Waals surface area contributed by atoms with E-state index < -0.39 is 0 Å². The highest BCUT2D eigenvalue weighted by atomic mass is 16.5. The lowest BCUT2D eigenvalue weighted by Gasteiger charge is -2.16. The Morgan fingerprint density at radius 3 is 2.24 bits per heavy atom. The topological polar surface area (TPSA) is 67.9 Å². The lowest BCUT2D eigenvalue weighted by molar-refractivity contribution is -0.137. The molecule has 0 spiro atoms. The number of rotatable bonds is 7. The molecule has 0 saturated carbocycles. The Bertz CT molecular complexity index is 1250. The van der Waals surface area contributed by atoms with E-state index >= 15 is 0 Å². The number of carbonyl (C=O) groups excluding carboxylic acids is 2. The van der Waals surface area contributed by atoms with Gasteiger partial charge in [-0.3, -0.25) is 14.5 Å². The molecule has 0 fully saturated rings. The zero-order chi connectivity index (χ0) is 23.5. The first-order chi connectivity index (χ1) is 15.9. The molecule has 1 aliphatic rings. The smallest absolute Gasteiger partial charge is 0.278 e. The van der Waals surface area contributed by atoms with Gasteiger partial charge in [-0.2, -0.15) is 0 Å². The summed E-state index contributed by atoms with van der Waals surface area (Å²) < 4.78 is 10.8. The Morgan fingerprint density at radius 2 is 1.55 bits per heavy atom. The summed E-state index contributed by atoms with van der Waals surface area (Å²) in [6, 6.07) is 20.5. The molecule has 6 heteroatoms. The summed E-state index contributed by atoms with van der Waals surface area (Å²) >= 11 is 0. The highest BCUT2D eigenvalue weighted by molar-refractivity contribution is 6.36. The van der Waals surface area contributed by atoms with Crippen LogP contribution in [-0.2, 0) is 16.1 Å². The van der Waals surface area contributed by atoms with Gasteiger partial charge in [0.15, 0.2) is 11.5 Å². The van der Waals surface area contributed by atoms with Crippen molar-refractivity contribution in [1.82, 2.24) is 4.90 Å². The highest BCUT2D eigenvalue weighted by Gasteiger charge is 2.39. The molecule has 0 radical (unpaired) electrons. The molecule has 6 nitrogen and oxygen atoms in total. The van der Waals surface area contributed by atoms with Crippen LogP contribution in [-0.4, -0.2) is 30.9 Å². The molecular weight excluding hydrogens is 416 g/mol. The SMILES string of the molecule is COc1ccc(C2=C(Nc3cccc(C)c3C)C(=O)N(Cc3ccccc3)C2=O)cc1OC. The van der Waals surface area contributed by atoms with Gasteiger partial charge in [0.2, 0.25) is 0 Å². The first kappa shape index (κ1) is 22.1. The fourth-order valence-corrected chi connectivity index (χ4v) is 3.88. The molecule has 0 aromatic heterocycles. The fraction of sp³-hybridized carbons (Fsp3) is 0.185. The minimum atomic E-state index is -0.366. The molecule has 1 N–H and O–H groups in total. The second-order valence-corrected chi connectivity index (χ2v) is 7.87. The van der Waals surface area contributed by atoms with E-state index in [1.165, 1.54) is 12.0 Å². The van der Waals surface area contributed by atoms with Crippen LogP contribution in [0.1, 0.15) is 22.3 Å². The Labute approximate surface area is 193 Å². The Balaban J connectivity index is 1.81. The molecule has 1 aliphatic heterocycles. The zero-order valence-electron chi connectivity index (χ0n) is 19.1. The quantitative estimate of drug-likeness (QED) is 0.537. The van der Waals surface area contributed by atoms with Crippen LogP contribution in [0.15, 0.2) is 72.4 Å². The summed E-state index contributed by atoms with van der Waals surface area (Å²) in [6.45, 7) is 4.18. The number of nitrogens with one attached hydrogen (secondary N) is 1. The van der Waals surface area contributed by atoms with E-state index in [9.17, 15) is 9.59 Å². The van der Waals surface area contributed by atoms with Crippen LogP contribution in [0.4, 0.5) is 5.69 Å². The van der Waals surface area contributed by atoms with Gasteiger partial charge in [-0.05, 0) is 54.3 Å². The average molecular weight is 443 g/mol. The minimum absolute atomic E-state index is 0.188. The summed E-state index contributed by atoms with van der Waals surface area (Å²) in [7, 11) is 3.09. The van der Waals surface area contributed by atoms with Gasteiger partial charge in [0.05, 0.1) is 26.3 Å². The third-order valence-electron chi connectivity index (χ3n) is 5.89. The minimum Gasteiger partial charge on any atom is -0.493 e. The number of hydrogen-bond acceptors (Lipinski definition) is 5. The molecule has 0 bridgehead atoms. The molecule has 3 aromatic carbocycles. The summed E-state index contributed by atoms with van der Waals surface area (Å²) in [6.07, 6.45) is 0. The lowest BCUT2D eigenvalue weighted by atomic mass is 10.0. The van der Waals surface area contributed by atoms with Crippen molar-refractivity contribution in [2.24, 2.45) is 0 Å². The van der Waals surface area contributed by atoms with Gasteiger partial charge in [-0.25, -0.2) is 0 Å².